The summed E-state index contributed by atoms with van der Waals surface area (Å²) in [7, 11) is 0. The number of benzene rings is 1. The Kier molecular flexibility index (Phi) is 4.03. The van der Waals surface area contributed by atoms with E-state index in [9.17, 15) is 0 Å². The molecule has 3 rings (SSSR count). The van der Waals surface area contributed by atoms with Gasteiger partial charge in [0.2, 0.25) is 0 Å². The topological polar surface area (TPSA) is 52.0 Å². The van der Waals surface area contributed by atoms with Crippen molar-refractivity contribution < 1.29 is 4.74 Å². The lowest BCUT2D eigenvalue weighted by Crippen LogP contribution is -2.11. The average Bonchev–Trinajstić information content (AvgIpc) is 3.05. The van der Waals surface area contributed by atoms with Crippen LogP contribution in [-0.4, -0.2) is 28.1 Å². The minimum atomic E-state index is 0.681. The van der Waals surface area contributed by atoms with Crippen molar-refractivity contribution in [3.63, 3.8) is 0 Å². The van der Waals surface area contributed by atoms with Crippen molar-refractivity contribution >= 4 is 15.9 Å². The van der Waals surface area contributed by atoms with Gasteiger partial charge in [-0.2, -0.15) is 0 Å². The first kappa shape index (κ1) is 13.6. The molecule has 0 bridgehead atoms. The van der Waals surface area contributed by atoms with E-state index in [0.29, 0.717) is 6.54 Å². The summed E-state index contributed by atoms with van der Waals surface area (Å²) in [5.41, 5.74) is 3.37. The van der Waals surface area contributed by atoms with Crippen LogP contribution in [0.15, 0.2) is 22.8 Å². The Bertz CT molecular complexity index is 611. The molecule has 106 valence electrons. The molecule has 1 N–H and O–H groups in total. The van der Waals surface area contributed by atoms with Gasteiger partial charge in [-0.1, -0.05) is 28.1 Å². The normalized spacial score (nSPS) is 13.3. The van der Waals surface area contributed by atoms with E-state index in [2.05, 4.69) is 50.6 Å². The van der Waals surface area contributed by atoms with Crippen molar-refractivity contribution in [2.75, 3.05) is 13.2 Å². The molecule has 0 unspecified atom stereocenters. The number of hydrogen-bond donors (Lipinski definition) is 1. The Balaban J connectivity index is 1.79. The van der Waals surface area contributed by atoms with E-state index in [0.717, 1.165) is 47.6 Å². The van der Waals surface area contributed by atoms with Gasteiger partial charge in [-0.05, 0) is 24.2 Å². The molecule has 0 atom stereocenters. The summed E-state index contributed by atoms with van der Waals surface area (Å²) in [4.78, 5) is 0. The van der Waals surface area contributed by atoms with Crippen LogP contribution in [0.2, 0.25) is 0 Å². The molecule has 0 amide bonds. The maximum absolute atomic E-state index is 5.73. The van der Waals surface area contributed by atoms with E-state index in [1.807, 2.05) is 10.9 Å². The number of fused-ring (bicyclic) bond motifs is 1. The molecule has 0 fully saturated rings. The molecule has 1 aromatic carbocycles. The molecule has 2 aromatic rings. The standard InChI is InChI=1S/C14H17BrN4O/c1-2-16-7-13-9-19(18-17-13)8-11-6-12(15)5-10-3-4-20-14(10)11/h5-6,9,16H,2-4,7-8H2,1H3. The smallest absolute Gasteiger partial charge is 0.127 e. The quantitative estimate of drug-likeness (QED) is 0.908. The van der Waals surface area contributed by atoms with Gasteiger partial charge in [0.15, 0.2) is 0 Å². The highest BCUT2D eigenvalue weighted by molar-refractivity contribution is 9.10. The number of nitrogens with zero attached hydrogens (tertiary/aromatic N) is 3. The molecule has 0 saturated heterocycles. The van der Waals surface area contributed by atoms with Gasteiger partial charge in [0.05, 0.1) is 25.0 Å². The number of ether oxygens (including phenoxy) is 1. The summed E-state index contributed by atoms with van der Waals surface area (Å²) in [6, 6.07) is 4.22. The summed E-state index contributed by atoms with van der Waals surface area (Å²) < 4.78 is 8.68. The first-order valence-electron chi connectivity index (χ1n) is 6.80. The zero-order valence-corrected chi connectivity index (χ0v) is 13.0. The number of rotatable bonds is 5. The second-order valence-electron chi connectivity index (χ2n) is 4.84. The largest absolute Gasteiger partial charge is 0.493 e. The predicted octanol–water partition coefficient (Wildman–Crippen LogP) is 2.13. The van der Waals surface area contributed by atoms with Crippen LogP contribution in [-0.2, 0) is 19.5 Å². The van der Waals surface area contributed by atoms with Gasteiger partial charge >= 0.3 is 0 Å². The van der Waals surface area contributed by atoms with Gasteiger partial charge in [0, 0.05) is 23.0 Å². The molecule has 0 saturated carbocycles. The van der Waals surface area contributed by atoms with Crippen LogP contribution in [0.3, 0.4) is 0 Å². The van der Waals surface area contributed by atoms with Crippen molar-refractivity contribution in [2.45, 2.75) is 26.4 Å². The molecule has 0 aliphatic carbocycles. The summed E-state index contributed by atoms with van der Waals surface area (Å²) in [6.45, 7) is 5.21. The third-order valence-corrected chi connectivity index (χ3v) is 3.76. The molecule has 0 spiro atoms. The fourth-order valence-electron chi connectivity index (χ4n) is 2.39. The van der Waals surface area contributed by atoms with E-state index in [4.69, 9.17) is 4.74 Å². The molecule has 6 heteroatoms. The van der Waals surface area contributed by atoms with Crippen LogP contribution in [0.1, 0.15) is 23.7 Å². The lowest BCUT2D eigenvalue weighted by atomic mass is 10.1. The van der Waals surface area contributed by atoms with Crippen molar-refractivity contribution in [3.8, 4) is 5.75 Å². The molecule has 1 aromatic heterocycles. The van der Waals surface area contributed by atoms with Crippen LogP contribution < -0.4 is 10.1 Å². The Morgan fingerprint density at radius 1 is 1.45 bits per heavy atom. The third kappa shape index (κ3) is 2.86. The van der Waals surface area contributed by atoms with Gasteiger partial charge in [0.1, 0.15) is 5.75 Å². The van der Waals surface area contributed by atoms with Crippen LogP contribution in [0.25, 0.3) is 0 Å². The number of nitrogens with one attached hydrogen (secondary N) is 1. The first-order valence-corrected chi connectivity index (χ1v) is 7.59. The molecular formula is C14H17BrN4O. The number of halogens is 1. The Hall–Kier alpha value is -1.40. The van der Waals surface area contributed by atoms with E-state index < -0.39 is 0 Å². The number of hydrogen-bond acceptors (Lipinski definition) is 4. The predicted molar refractivity (Wildman–Crippen MR) is 79.8 cm³/mol. The van der Waals surface area contributed by atoms with Gasteiger partial charge in [-0.15, -0.1) is 5.10 Å². The van der Waals surface area contributed by atoms with Gasteiger partial charge < -0.3 is 10.1 Å². The van der Waals surface area contributed by atoms with Crippen molar-refractivity contribution in [3.05, 3.63) is 39.6 Å². The van der Waals surface area contributed by atoms with E-state index >= 15 is 0 Å². The van der Waals surface area contributed by atoms with Crippen molar-refractivity contribution in [1.82, 2.24) is 20.3 Å². The molecule has 1 aliphatic heterocycles. The Labute approximate surface area is 126 Å². The second-order valence-corrected chi connectivity index (χ2v) is 5.76. The zero-order chi connectivity index (χ0) is 13.9. The maximum Gasteiger partial charge on any atom is 0.127 e. The Morgan fingerprint density at radius 3 is 3.20 bits per heavy atom. The summed E-state index contributed by atoms with van der Waals surface area (Å²) in [5.74, 6) is 1.01. The monoisotopic (exact) mass is 336 g/mol. The van der Waals surface area contributed by atoms with E-state index in [1.165, 1.54) is 5.56 Å². The second kappa shape index (κ2) is 5.93. The highest BCUT2D eigenvalue weighted by Gasteiger charge is 2.18. The molecule has 0 radical (unpaired) electrons. The molecule has 2 heterocycles. The van der Waals surface area contributed by atoms with Crippen molar-refractivity contribution in [1.29, 1.82) is 0 Å². The highest BCUT2D eigenvalue weighted by atomic mass is 79.9. The average molecular weight is 337 g/mol. The van der Waals surface area contributed by atoms with Crippen LogP contribution in [0.4, 0.5) is 0 Å². The minimum Gasteiger partial charge on any atom is -0.493 e. The molecule has 20 heavy (non-hydrogen) atoms. The highest BCUT2D eigenvalue weighted by Crippen LogP contribution is 2.33. The zero-order valence-electron chi connectivity index (χ0n) is 11.4. The first-order chi connectivity index (χ1) is 9.76. The van der Waals surface area contributed by atoms with Crippen LogP contribution in [0.5, 0.6) is 5.75 Å². The van der Waals surface area contributed by atoms with Crippen molar-refractivity contribution in [2.24, 2.45) is 0 Å². The minimum absolute atomic E-state index is 0.681. The number of aromatic nitrogens is 3. The van der Waals surface area contributed by atoms with Crippen LogP contribution >= 0.6 is 15.9 Å². The fourth-order valence-corrected chi connectivity index (χ4v) is 2.94. The van der Waals surface area contributed by atoms with Crippen LogP contribution in [0, 0.1) is 0 Å². The lowest BCUT2D eigenvalue weighted by Gasteiger charge is -2.08. The lowest BCUT2D eigenvalue weighted by molar-refractivity contribution is 0.352. The van der Waals surface area contributed by atoms with Gasteiger partial charge in [-0.3, -0.25) is 0 Å². The molecule has 1 aliphatic rings. The summed E-state index contributed by atoms with van der Waals surface area (Å²) >= 11 is 3.56. The SMILES string of the molecule is CCNCc1cn(Cc2cc(Br)cc3c2OCC3)nn1. The molecule has 5 nitrogen and oxygen atoms in total. The molecular weight excluding hydrogens is 320 g/mol. The Morgan fingerprint density at radius 2 is 2.35 bits per heavy atom. The van der Waals surface area contributed by atoms with Gasteiger partial charge in [-0.25, -0.2) is 4.68 Å². The third-order valence-electron chi connectivity index (χ3n) is 3.30. The van der Waals surface area contributed by atoms with E-state index in [1.54, 1.807) is 0 Å². The maximum atomic E-state index is 5.73. The summed E-state index contributed by atoms with van der Waals surface area (Å²) in [5, 5.41) is 11.6. The summed E-state index contributed by atoms with van der Waals surface area (Å²) in [6.07, 6.45) is 2.95. The van der Waals surface area contributed by atoms with E-state index in [-0.39, 0.29) is 0 Å². The fraction of sp³-hybridized carbons (Fsp3) is 0.429. The van der Waals surface area contributed by atoms with Gasteiger partial charge in [0.25, 0.3) is 0 Å².